The second-order valence-electron chi connectivity index (χ2n) is 4.44. The lowest BCUT2D eigenvalue weighted by Gasteiger charge is -2.32. The van der Waals surface area contributed by atoms with Gasteiger partial charge in [0.25, 0.3) is 0 Å². The third kappa shape index (κ3) is 2.67. The lowest BCUT2D eigenvalue weighted by molar-refractivity contribution is -0.123. The third-order valence-corrected chi connectivity index (χ3v) is 3.12. The van der Waals surface area contributed by atoms with Crippen molar-refractivity contribution in [3.63, 3.8) is 0 Å². The first-order chi connectivity index (χ1) is 7.65. The first-order valence-corrected chi connectivity index (χ1v) is 5.65. The Bertz CT molecular complexity index is 374. The van der Waals surface area contributed by atoms with Crippen molar-refractivity contribution >= 4 is 5.78 Å². The maximum absolute atomic E-state index is 12.7. The molecule has 0 aromatic heterocycles. The number of Topliss-reactive ketones (excluding diaryl/α,β-unsaturated/α-hetero) is 1. The van der Waals surface area contributed by atoms with Crippen LogP contribution in [0.5, 0.6) is 0 Å². The van der Waals surface area contributed by atoms with Gasteiger partial charge in [-0.25, -0.2) is 4.39 Å². The fraction of sp³-hybridized carbons (Fsp3) is 0.462. The highest BCUT2D eigenvalue weighted by atomic mass is 19.1. The number of carbonyl (C=O) groups excluding carboxylic acids is 1. The highest BCUT2D eigenvalue weighted by molar-refractivity contribution is 5.79. The highest BCUT2D eigenvalue weighted by Gasteiger charge is 2.23. The number of hydrogen-bond acceptors (Lipinski definition) is 2. The molecule has 86 valence electrons. The zero-order valence-corrected chi connectivity index (χ0v) is 9.45. The molecule has 0 saturated carbocycles. The number of halogens is 1. The second-order valence-corrected chi connectivity index (χ2v) is 4.44. The predicted molar refractivity (Wildman–Crippen MR) is 60.5 cm³/mol. The average molecular weight is 221 g/mol. The Hall–Kier alpha value is -1.22. The lowest BCUT2D eigenvalue weighted by atomic mass is 10.0. The van der Waals surface area contributed by atoms with Crippen LogP contribution in [0.1, 0.15) is 25.3 Å². The van der Waals surface area contributed by atoms with E-state index in [1.54, 1.807) is 12.1 Å². The van der Waals surface area contributed by atoms with Crippen LogP contribution < -0.4 is 0 Å². The molecular formula is C13H16FNO. The van der Waals surface area contributed by atoms with Gasteiger partial charge in [0.1, 0.15) is 11.6 Å². The highest BCUT2D eigenvalue weighted by Crippen LogP contribution is 2.17. The van der Waals surface area contributed by atoms with Crippen molar-refractivity contribution in [1.29, 1.82) is 0 Å². The van der Waals surface area contributed by atoms with E-state index in [2.05, 4.69) is 11.8 Å². The molecule has 2 nitrogen and oxygen atoms in total. The van der Waals surface area contributed by atoms with Crippen LogP contribution in [-0.2, 0) is 11.3 Å². The van der Waals surface area contributed by atoms with Gasteiger partial charge in [0.05, 0.1) is 0 Å². The van der Waals surface area contributed by atoms with Crippen molar-refractivity contribution in [3.8, 4) is 0 Å². The molecule has 2 rings (SSSR count). The number of hydrogen-bond donors (Lipinski definition) is 0. The van der Waals surface area contributed by atoms with E-state index in [-0.39, 0.29) is 5.82 Å². The molecule has 0 bridgehead atoms. The molecular weight excluding hydrogens is 205 g/mol. The van der Waals surface area contributed by atoms with Crippen LogP contribution in [0.3, 0.4) is 0 Å². The minimum atomic E-state index is -0.203. The zero-order valence-electron chi connectivity index (χ0n) is 9.45. The molecule has 1 aliphatic rings. The Labute approximate surface area is 95.1 Å². The van der Waals surface area contributed by atoms with Gasteiger partial charge >= 0.3 is 0 Å². The van der Waals surface area contributed by atoms with E-state index in [1.807, 2.05) is 0 Å². The van der Waals surface area contributed by atoms with Gasteiger partial charge in [0.2, 0.25) is 0 Å². The first-order valence-electron chi connectivity index (χ1n) is 5.65. The Morgan fingerprint density at radius 1 is 1.38 bits per heavy atom. The molecule has 1 aliphatic heterocycles. The van der Waals surface area contributed by atoms with Crippen molar-refractivity contribution in [2.24, 2.45) is 0 Å². The Balaban J connectivity index is 1.99. The van der Waals surface area contributed by atoms with Gasteiger partial charge in [-0.3, -0.25) is 9.69 Å². The van der Waals surface area contributed by atoms with Gasteiger partial charge in [-0.2, -0.15) is 0 Å². The van der Waals surface area contributed by atoms with Crippen LogP contribution in [0.2, 0.25) is 0 Å². The first kappa shape index (κ1) is 11.3. The van der Waals surface area contributed by atoms with Crippen LogP contribution in [0, 0.1) is 5.82 Å². The largest absolute Gasteiger partial charge is 0.300 e. The smallest absolute Gasteiger partial charge is 0.135 e. The number of piperidine rings is 1. The summed E-state index contributed by atoms with van der Waals surface area (Å²) in [5, 5.41) is 0. The van der Waals surface area contributed by atoms with Crippen molar-refractivity contribution in [2.75, 3.05) is 6.54 Å². The predicted octanol–water partition coefficient (Wildman–Crippen LogP) is 2.38. The van der Waals surface area contributed by atoms with E-state index in [1.165, 1.54) is 12.1 Å². The molecule has 1 aromatic rings. The topological polar surface area (TPSA) is 20.3 Å². The van der Waals surface area contributed by atoms with E-state index in [0.29, 0.717) is 24.7 Å². The summed E-state index contributed by atoms with van der Waals surface area (Å²) >= 11 is 0. The minimum absolute atomic E-state index is 0.203. The molecule has 1 unspecified atom stereocenters. The summed E-state index contributed by atoms with van der Waals surface area (Å²) < 4.78 is 12.7. The van der Waals surface area contributed by atoms with Gasteiger partial charge in [-0.15, -0.1) is 0 Å². The molecule has 0 amide bonds. The van der Waals surface area contributed by atoms with Crippen molar-refractivity contribution in [1.82, 2.24) is 4.90 Å². The summed E-state index contributed by atoms with van der Waals surface area (Å²) in [6.45, 7) is 3.69. The maximum Gasteiger partial charge on any atom is 0.135 e. The fourth-order valence-corrected chi connectivity index (χ4v) is 2.11. The Morgan fingerprint density at radius 2 is 2.06 bits per heavy atom. The summed E-state index contributed by atoms with van der Waals surface area (Å²) in [5.41, 5.74) is 1.10. The maximum atomic E-state index is 12.7. The van der Waals surface area contributed by atoms with Crippen molar-refractivity contribution < 1.29 is 9.18 Å². The molecule has 1 heterocycles. The number of rotatable bonds is 2. The lowest BCUT2D eigenvalue weighted by Crippen LogP contribution is -2.40. The standard InChI is InChI=1S/C13H16FNO/c1-10-8-13(16)6-7-15(10)9-11-2-4-12(14)5-3-11/h2-5,10H,6-9H2,1H3. The van der Waals surface area contributed by atoms with Crippen LogP contribution in [0.25, 0.3) is 0 Å². The van der Waals surface area contributed by atoms with Gasteiger partial charge < -0.3 is 0 Å². The van der Waals surface area contributed by atoms with E-state index < -0.39 is 0 Å². The molecule has 0 spiro atoms. The summed E-state index contributed by atoms with van der Waals surface area (Å²) in [7, 11) is 0. The minimum Gasteiger partial charge on any atom is -0.300 e. The molecule has 1 saturated heterocycles. The number of likely N-dealkylation sites (tertiary alicyclic amines) is 1. The van der Waals surface area contributed by atoms with Crippen LogP contribution in [0.4, 0.5) is 4.39 Å². The number of benzene rings is 1. The summed E-state index contributed by atoms with van der Waals surface area (Å²) in [6.07, 6.45) is 1.28. The number of nitrogens with zero attached hydrogens (tertiary/aromatic N) is 1. The summed E-state index contributed by atoms with van der Waals surface area (Å²) in [5.74, 6) is 0.147. The number of carbonyl (C=O) groups is 1. The molecule has 0 radical (unpaired) electrons. The molecule has 3 heteroatoms. The summed E-state index contributed by atoms with van der Waals surface area (Å²) in [6, 6.07) is 6.87. The Kier molecular flexibility index (Phi) is 3.34. The fourth-order valence-electron chi connectivity index (χ4n) is 2.11. The Morgan fingerprint density at radius 3 is 2.69 bits per heavy atom. The second kappa shape index (κ2) is 4.74. The monoisotopic (exact) mass is 221 g/mol. The van der Waals surface area contributed by atoms with E-state index >= 15 is 0 Å². The van der Waals surface area contributed by atoms with Crippen LogP contribution in [0.15, 0.2) is 24.3 Å². The SMILES string of the molecule is CC1CC(=O)CCN1Cc1ccc(F)cc1. The van der Waals surface area contributed by atoms with Gasteiger partial charge in [-0.05, 0) is 24.6 Å². The third-order valence-electron chi connectivity index (χ3n) is 3.12. The van der Waals surface area contributed by atoms with E-state index in [4.69, 9.17) is 0 Å². The average Bonchev–Trinajstić information content (AvgIpc) is 2.25. The molecule has 1 fully saturated rings. The van der Waals surface area contributed by atoms with E-state index in [0.717, 1.165) is 18.7 Å². The summed E-state index contributed by atoms with van der Waals surface area (Å²) in [4.78, 5) is 13.5. The molecule has 16 heavy (non-hydrogen) atoms. The molecule has 0 N–H and O–H groups in total. The zero-order chi connectivity index (χ0) is 11.5. The van der Waals surface area contributed by atoms with E-state index in [9.17, 15) is 9.18 Å². The normalized spacial score (nSPS) is 22.4. The molecule has 1 atom stereocenters. The molecule has 0 aliphatic carbocycles. The quantitative estimate of drug-likeness (QED) is 0.764. The van der Waals surface area contributed by atoms with Gasteiger partial charge in [-0.1, -0.05) is 12.1 Å². The van der Waals surface area contributed by atoms with Crippen LogP contribution >= 0.6 is 0 Å². The van der Waals surface area contributed by atoms with Gasteiger partial charge in [0.15, 0.2) is 0 Å². The van der Waals surface area contributed by atoms with Gasteiger partial charge in [0, 0.05) is 32.0 Å². The number of ketones is 1. The van der Waals surface area contributed by atoms with Crippen molar-refractivity contribution in [3.05, 3.63) is 35.6 Å². The van der Waals surface area contributed by atoms with Crippen LogP contribution in [-0.4, -0.2) is 23.3 Å². The van der Waals surface area contributed by atoms with Crippen molar-refractivity contribution in [2.45, 2.75) is 32.4 Å². The molecule has 1 aromatic carbocycles.